The van der Waals surface area contributed by atoms with Crippen LogP contribution in [0.25, 0.3) is 11.3 Å². The number of hydrogen-bond acceptors (Lipinski definition) is 10. The van der Waals surface area contributed by atoms with Crippen molar-refractivity contribution < 1.29 is 14.4 Å². The Balaban J connectivity index is 1.09. The molecule has 5 rings (SSSR count). The second kappa shape index (κ2) is 11.6. The van der Waals surface area contributed by atoms with Gasteiger partial charge in [-0.3, -0.25) is 9.80 Å². The molecule has 3 aromatic rings. The topological polar surface area (TPSA) is 103 Å². The average Bonchev–Trinajstić information content (AvgIpc) is 3.44. The van der Waals surface area contributed by atoms with Crippen LogP contribution in [0.4, 0.5) is 11.5 Å². The van der Waals surface area contributed by atoms with Gasteiger partial charge in [-0.1, -0.05) is 12.1 Å². The molecule has 2 aliphatic heterocycles. The van der Waals surface area contributed by atoms with Gasteiger partial charge in [-0.15, -0.1) is 10.2 Å². The molecular weight excluding hydrogens is 458 g/mol. The monoisotopic (exact) mass is 493 g/mol. The number of ether oxygens (including phenoxy) is 1. The van der Waals surface area contributed by atoms with Gasteiger partial charge in [0, 0.05) is 57.9 Å². The summed E-state index contributed by atoms with van der Waals surface area (Å²) in [6.07, 6.45) is 3.99. The van der Waals surface area contributed by atoms with Crippen molar-refractivity contribution >= 4 is 11.5 Å². The van der Waals surface area contributed by atoms with E-state index >= 15 is 0 Å². The molecule has 2 fully saturated rings. The van der Waals surface area contributed by atoms with Gasteiger partial charge in [-0.25, -0.2) is 0 Å². The fourth-order valence-electron chi connectivity index (χ4n) is 5.11. The van der Waals surface area contributed by atoms with Crippen molar-refractivity contribution in [2.75, 3.05) is 76.2 Å². The zero-order valence-corrected chi connectivity index (χ0v) is 20.8. The number of piperazine rings is 1. The summed E-state index contributed by atoms with van der Waals surface area (Å²) in [5.74, 6) is 2.28. The first kappa shape index (κ1) is 24.3. The van der Waals surface area contributed by atoms with E-state index in [4.69, 9.17) is 9.26 Å². The summed E-state index contributed by atoms with van der Waals surface area (Å²) in [6.45, 7) is 8.92. The minimum atomic E-state index is 0.216. The molecule has 2 aliphatic rings. The van der Waals surface area contributed by atoms with E-state index in [2.05, 4.69) is 35.4 Å². The second-order valence-electron chi connectivity index (χ2n) is 9.49. The van der Waals surface area contributed by atoms with Crippen LogP contribution in [-0.2, 0) is 0 Å². The van der Waals surface area contributed by atoms with Gasteiger partial charge in [0.1, 0.15) is 18.6 Å². The van der Waals surface area contributed by atoms with Crippen LogP contribution in [0.3, 0.4) is 0 Å². The van der Waals surface area contributed by atoms with Crippen molar-refractivity contribution in [2.45, 2.75) is 12.8 Å². The molecule has 0 radical (unpaired) electrons. The maximum absolute atomic E-state index is 10.3. The number of aromatic hydroxyl groups is 1. The van der Waals surface area contributed by atoms with E-state index in [-0.39, 0.29) is 5.75 Å². The summed E-state index contributed by atoms with van der Waals surface area (Å²) in [5.41, 5.74) is 2.41. The minimum absolute atomic E-state index is 0.216. The fourth-order valence-corrected chi connectivity index (χ4v) is 5.11. The maximum atomic E-state index is 10.3. The molecule has 4 heterocycles. The highest BCUT2D eigenvalue weighted by Gasteiger charge is 2.25. The number of nitrogens with one attached hydrogen (secondary N) is 1. The van der Waals surface area contributed by atoms with Crippen LogP contribution in [0.15, 0.2) is 47.2 Å². The zero-order chi connectivity index (χ0) is 24.7. The quantitative estimate of drug-likeness (QED) is 0.462. The number of likely N-dealkylation sites (tertiary alicyclic amines) is 1. The Hall–Kier alpha value is -3.37. The van der Waals surface area contributed by atoms with E-state index in [0.29, 0.717) is 23.7 Å². The lowest BCUT2D eigenvalue weighted by atomic mass is 9.96. The standard InChI is InChI=1S/C26H35N7O3/c1-27-26-23(18-22(28-29-26)21-4-2-3-5-24(21)34)33-13-11-32(12-14-33)19-20-6-9-31(10-7-20)15-17-35-25-8-16-36-30-25/h2-5,8,16,18,20,34H,6-7,9-15,17,19H2,1H3,(H,27,29). The van der Waals surface area contributed by atoms with Crippen LogP contribution >= 0.6 is 0 Å². The molecule has 10 heteroatoms. The third-order valence-electron chi connectivity index (χ3n) is 7.20. The maximum Gasteiger partial charge on any atom is 0.254 e. The van der Waals surface area contributed by atoms with Crippen LogP contribution in [0, 0.1) is 5.92 Å². The summed E-state index contributed by atoms with van der Waals surface area (Å²) in [6, 6.07) is 11.0. The Morgan fingerprint density at radius 2 is 1.83 bits per heavy atom. The van der Waals surface area contributed by atoms with E-state index in [0.717, 1.165) is 69.8 Å². The van der Waals surface area contributed by atoms with E-state index in [1.54, 1.807) is 12.1 Å². The summed E-state index contributed by atoms with van der Waals surface area (Å²) >= 11 is 0. The van der Waals surface area contributed by atoms with Gasteiger partial charge in [0.2, 0.25) is 0 Å². The number of hydrogen-bond donors (Lipinski definition) is 2. The number of para-hydroxylation sites is 1. The third kappa shape index (κ3) is 5.88. The van der Waals surface area contributed by atoms with Crippen LogP contribution < -0.4 is 15.0 Å². The lowest BCUT2D eigenvalue weighted by Gasteiger charge is -2.39. The highest BCUT2D eigenvalue weighted by atomic mass is 16.5. The predicted octanol–water partition coefficient (Wildman–Crippen LogP) is 2.79. The highest BCUT2D eigenvalue weighted by Crippen LogP contribution is 2.32. The van der Waals surface area contributed by atoms with Gasteiger partial charge in [0.25, 0.3) is 5.88 Å². The molecule has 0 bridgehead atoms. The second-order valence-corrected chi connectivity index (χ2v) is 9.49. The molecular formula is C26H35N7O3. The number of rotatable bonds is 9. The number of piperidine rings is 1. The van der Waals surface area contributed by atoms with Gasteiger partial charge >= 0.3 is 0 Å². The largest absolute Gasteiger partial charge is 0.507 e. The molecule has 0 amide bonds. The number of anilines is 2. The fraction of sp³-hybridized carbons (Fsp3) is 0.500. The van der Waals surface area contributed by atoms with Crippen LogP contribution in [0.5, 0.6) is 11.6 Å². The van der Waals surface area contributed by atoms with Crippen LogP contribution in [0.1, 0.15) is 12.8 Å². The van der Waals surface area contributed by atoms with Crippen molar-refractivity contribution in [3.8, 4) is 22.9 Å². The summed E-state index contributed by atoms with van der Waals surface area (Å²) in [7, 11) is 1.87. The van der Waals surface area contributed by atoms with Crippen molar-refractivity contribution in [2.24, 2.45) is 5.92 Å². The van der Waals surface area contributed by atoms with E-state index in [1.165, 1.54) is 19.1 Å². The van der Waals surface area contributed by atoms with E-state index < -0.39 is 0 Å². The first-order valence-corrected chi connectivity index (χ1v) is 12.8. The Labute approximate surface area is 211 Å². The number of nitrogens with zero attached hydrogens (tertiary/aromatic N) is 6. The Kier molecular flexibility index (Phi) is 7.82. The molecule has 192 valence electrons. The molecule has 10 nitrogen and oxygen atoms in total. The molecule has 36 heavy (non-hydrogen) atoms. The van der Waals surface area contributed by atoms with E-state index in [9.17, 15) is 5.11 Å². The molecule has 2 N–H and O–H groups in total. The van der Waals surface area contributed by atoms with Gasteiger partial charge in [0.05, 0.1) is 11.4 Å². The molecule has 2 saturated heterocycles. The number of phenols is 1. The lowest BCUT2D eigenvalue weighted by molar-refractivity contribution is 0.124. The van der Waals surface area contributed by atoms with Gasteiger partial charge in [0.15, 0.2) is 5.82 Å². The molecule has 1 aromatic carbocycles. The molecule has 0 aliphatic carbocycles. The first-order valence-electron chi connectivity index (χ1n) is 12.8. The average molecular weight is 494 g/mol. The molecule has 0 unspecified atom stereocenters. The summed E-state index contributed by atoms with van der Waals surface area (Å²) < 4.78 is 10.4. The van der Waals surface area contributed by atoms with E-state index in [1.807, 2.05) is 31.3 Å². The number of phenolic OH excluding ortho intramolecular Hbond substituents is 1. The predicted molar refractivity (Wildman–Crippen MR) is 138 cm³/mol. The smallest absolute Gasteiger partial charge is 0.254 e. The Morgan fingerprint density at radius 1 is 1.03 bits per heavy atom. The van der Waals surface area contributed by atoms with Gasteiger partial charge in [-0.05, 0) is 55.2 Å². The Bertz CT molecular complexity index is 1090. The highest BCUT2D eigenvalue weighted by molar-refractivity contribution is 5.75. The lowest BCUT2D eigenvalue weighted by Crippen LogP contribution is -2.49. The van der Waals surface area contributed by atoms with Crippen molar-refractivity contribution in [3.05, 3.63) is 42.7 Å². The summed E-state index contributed by atoms with van der Waals surface area (Å²) in [5, 5.41) is 26.0. The van der Waals surface area contributed by atoms with Crippen LogP contribution in [-0.4, -0.2) is 96.3 Å². The number of aromatic nitrogens is 3. The minimum Gasteiger partial charge on any atom is -0.507 e. The van der Waals surface area contributed by atoms with Gasteiger partial charge in [-0.2, -0.15) is 0 Å². The summed E-state index contributed by atoms with van der Waals surface area (Å²) in [4.78, 5) is 7.45. The normalized spacial score (nSPS) is 17.9. The molecule has 2 aromatic heterocycles. The molecule has 0 saturated carbocycles. The van der Waals surface area contributed by atoms with Gasteiger partial charge < -0.3 is 24.6 Å². The van der Waals surface area contributed by atoms with Crippen molar-refractivity contribution in [1.29, 1.82) is 0 Å². The molecule has 0 atom stereocenters. The Morgan fingerprint density at radius 3 is 2.56 bits per heavy atom. The zero-order valence-electron chi connectivity index (χ0n) is 20.8. The third-order valence-corrected chi connectivity index (χ3v) is 7.20. The first-order chi connectivity index (χ1) is 17.7. The SMILES string of the molecule is CNc1nnc(-c2ccccc2O)cc1N1CCN(CC2CCN(CCOc3ccon3)CC2)CC1. The van der Waals surface area contributed by atoms with Crippen molar-refractivity contribution in [3.63, 3.8) is 0 Å². The van der Waals surface area contributed by atoms with Crippen molar-refractivity contribution in [1.82, 2.24) is 25.2 Å². The number of benzene rings is 1. The van der Waals surface area contributed by atoms with Crippen LogP contribution in [0.2, 0.25) is 0 Å². The molecule has 0 spiro atoms.